The van der Waals surface area contributed by atoms with E-state index in [-0.39, 0.29) is 0 Å². The molecular formula is C15H25BrN2S. The van der Waals surface area contributed by atoms with Crippen molar-refractivity contribution in [2.75, 3.05) is 20.6 Å². The highest BCUT2D eigenvalue weighted by Gasteiger charge is 2.24. The van der Waals surface area contributed by atoms with Crippen molar-refractivity contribution in [3.05, 3.63) is 20.3 Å². The van der Waals surface area contributed by atoms with Crippen molar-refractivity contribution < 1.29 is 0 Å². The predicted molar refractivity (Wildman–Crippen MR) is 88.0 cm³/mol. The lowest BCUT2D eigenvalue weighted by molar-refractivity contribution is 0.216. The Balaban J connectivity index is 2.00. The van der Waals surface area contributed by atoms with Crippen molar-refractivity contribution in [1.29, 1.82) is 0 Å². The van der Waals surface area contributed by atoms with Crippen molar-refractivity contribution in [1.82, 2.24) is 10.2 Å². The maximum Gasteiger partial charge on any atom is 0.0704 e. The van der Waals surface area contributed by atoms with Crippen molar-refractivity contribution >= 4 is 27.3 Å². The molecule has 1 aliphatic carbocycles. The molecule has 1 aliphatic rings. The monoisotopic (exact) mass is 344 g/mol. The fraction of sp³-hybridized carbons (Fsp3) is 0.733. The summed E-state index contributed by atoms with van der Waals surface area (Å²) in [5, 5.41) is 3.80. The summed E-state index contributed by atoms with van der Waals surface area (Å²) in [6, 6.07) is 3.47. The molecular weight excluding hydrogens is 320 g/mol. The van der Waals surface area contributed by atoms with E-state index in [1.54, 1.807) is 4.88 Å². The van der Waals surface area contributed by atoms with Crippen molar-refractivity contribution in [2.45, 2.75) is 45.2 Å². The molecule has 1 aromatic heterocycles. The van der Waals surface area contributed by atoms with Gasteiger partial charge < -0.3 is 10.2 Å². The van der Waals surface area contributed by atoms with E-state index < -0.39 is 0 Å². The van der Waals surface area contributed by atoms with Gasteiger partial charge in [-0.2, -0.15) is 0 Å². The highest BCUT2D eigenvalue weighted by molar-refractivity contribution is 9.11. The first kappa shape index (κ1) is 15.5. The van der Waals surface area contributed by atoms with Gasteiger partial charge in [0.15, 0.2) is 0 Å². The molecule has 2 unspecified atom stereocenters. The number of nitrogens with one attached hydrogen (secondary N) is 1. The maximum absolute atomic E-state index is 3.80. The summed E-state index contributed by atoms with van der Waals surface area (Å²) in [6.45, 7) is 5.68. The van der Waals surface area contributed by atoms with Gasteiger partial charge in [-0.3, -0.25) is 0 Å². The second kappa shape index (κ2) is 6.70. The zero-order valence-corrected chi connectivity index (χ0v) is 14.8. The summed E-state index contributed by atoms with van der Waals surface area (Å²) in [5.41, 5.74) is 1.53. The Morgan fingerprint density at radius 2 is 2.21 bits per heavy atom. The van der Waals surface area contributed by atoms with Gasteiger partial charge in [0.05, 0.1) is 3.79 Å². The number of halogens is 1. The molecule has 108 valence electrons. The highest BCUT2D eigenvalue weighted by atomic mass is 79.9. The molecule has 0 bridgehead atoms. The Hall–Kier alpha value is 0.1000. The number of rotatable bonds is 5. The molecule has 0 radical (unpaired) electrons. The van der Waals surface area contributed by atoms with E-state index in [4.69, 9.17) is 0 Å². The summed E-state index contributed by atoms with van der Waals surface area (Å²) < 4.78 is 1.28. The van der Waals surface area contributed by atoms with Crippen molar-refractivity contribution in [3.8, 4) is 0 Å². The van der Waals surface area contributed by atoms with Gasteiger partial charge in [-0.1, -0.05) is 13.8 Å². The van der Waals surface area contributed by atoms with Gasteiger partial charge in [0.1, 0.15) is 0 Å². The minimum Gasteiger partial charge on any atom is -0.308 e. The van der Waals surface area contributed by atoms with Crippen LogP contribution in [-0.4, -0.2) is 31.6 Å². The molecule has 0 aromatic carbocycles. The molecule has 0 fully saturated rings. The standard InChI is InChI=1S/C15H25BrN2S/c1-10(2)13(18(3)4)9-17-12-6-5-7-14-11(12)8-15(16)19-14/h8,10,12-13,17H,5-7,9H2,1-4H3. The highest BCUT2D eigenvalue weighted by Crippen LogP contribution is 2.37. The second-order valence-electron chi connectivity index (χ2n) is 6.06. The van der Waals surface area contributed by atoms with Crippen molar-refractivity contribution in [2.24, 2.45) is 5.92 Å². The number of fused-ring (bicyclic) bond motifs is 1. The van der Waals surface area contributed by atoms with Crippen LogP contribution in [0.1, 0.15) is 43.2 Å². The molecule has 1 heterocycles. The van der Waals surface area contributed by atoms with Crippen LogP contribution < -0.4 is 5.32 Å². The molecule has 2 atom stereocenters. The first-order valence-corrected chi connectivity index (χ1v) is 8.78. The van der Waals surface area contributed by atoms with Gasteiger partial charge in [-0.25, -0.2) is 0 Å². The van der Waals surface area contributed by atoms with Crippen LogP contribution in [0.2, 0.25) is 0 Å². The van der Waals surface area contributed by atoms with Crippen LogP contribution in [0.5, 0.6) is 0 Å². The first-order valence-electron chi connectivity index (χ1n) is 7.17. The molecule has 0 spiro atoms. The quantitative estimate of drug-likeness (QED) is 0.866. The van der Waals surface area contributed by atoms with Gasteiger partial charge in [0.25, 0.3) is 0 Å². The van der Waals surface area contributed by atoms with Crippen LogP contribution in [0.3, 0.4) is 0 Å². The normalized spacial score (nSPS) is 20.9. The average molecular weight is 345 g/mol. The predicted octanol–water partition coefficient (Wildman–Crippen LogP) is 4.06. The summed E-state index contributed by atoms with van der Waals surface area (Å²) in [4.78, 5) is 3.91. The van der Waals surface area contributed by atoms with Crippen LogP contribution >= 0.6 is 27.3 Å². The van der Waals surface area contributed by atoms with E-state index in [0.29, 0.717) is 18.0 Å². The Kier molecular flexibility index (Phi) is 5.46. The zero-order chi connectivity index (χ0) is 14.0. The van der Waals surface area contributed by atoms with E-state index in [1.807, 2.05) is 11.3 Å². The summed E-state index contributed by atoms with van der Waals surface area (Å²) >= 11 is 5.54. The van der Waals surface area contributed by atoms with Crippen LogP contribution in [-0.2, 0) is 6.42 Å². The van der Waals surface area contributed by atoms with E-state index in [1.165, 1.54) is 28.6 Å². The summed E-state index contributed by atoms with van der Waals surface area (Å²) in [7, 11) is 4.36. The molecule has 0 amide bonds. The smallest absolute Gasteiger partial charge is 0.0704 e. The number of aryl methyl sites for hydroxylation is 1. The van der Waals surface area contributed by atoms with E-state index >= 15 is 0 Å². The van der Waals surface area contributed by atoms with Gasteiger partial charge in [-0.05, 0) is 66.8 Å². The molecule has 1 N–H and O–H groups in total. The van der Waals surface area contributed by atoms with Crippen molar-refractivity contribution in [3.63, 3.8) is 0 Å². The van der Waals surface area contributed by atoms with Crippen LogP contribution in [0, 0.1) is 5.92 Å². The third-order valence-electron chi connectivity index (χ3n) is 4.09. The maximum atomic E-state index is 3.80. The fourth-order valence-corrected chi connectivity index (χ4v) is 4.83. The van der Waals surface area contributed by atoms with E-state index in [2.05, 4.69) is 60.2 Å². The third-order valence-corrected chi connectivity index (χ3v) is 5.80. The van der Waals surface area contributed by atoms with Gasteiger partial charge in [0.2, 0.25) is 0 Å². The molecule has 2 nitrogen and oxygen atoms in total. The third kappa shape index (κ3) is 3.81. The Labute approximate surface area is 129 Å². The molecule has 2 rings (SSSR count). The second-order valence-corrected chi connectivity index (χ2v) is 8.57. The fourth-order valence-electron chi connectivity index (χ4n) is 3.01. The topological polar surface area (TPSA) is 15.3 Å². The van der Waals surface area contributed by atoms with Gasteiger partial charge in [-0.15, -0.1) is 11.3 Å². The molecule has 0 saturated carbocycles. The zero-order valence-electron chi connectivity index (χ0n) is 12.4. The Bertz CT molecular complexity index is 406. The number of likely N-dealkylation sites (N-methyl/N-ethyl adjacent to an activating group) is 1. The summed E-state index contributed by atoms with van der Waals surface area (Å²) in [6.07, 6.45) is 3.84. The molecule has 19 heavy (non-hydrogen) atoms. The number of nitrogens with zero attached hydrogens (tertiary/aromatic N) is 1. The first-order chi connectivity index (χ1) is 8.99. The average Bonchev–Trinajstić information content (AvgIpc) is 2.69. The lowest BCUT2D eigenvalue weighted by atomic mass is 9.93. The van der Waals surface area contributed by atoms with Crippen LogP contribution in [0.15, 0.2) is 9.85 Å². The minimum atomic E-state index is 0.549. The lowest BCUT2D eigenvalue weighted by Gasteiger charge is -2.31. The Morgan fingerprint density at radius 3 is 2.84 bits per heavy atom. The molecule has 0 aliphatic heterocycles. The largest absolute Gasteiger partial charge is 0.308 e. The number of hydrogen-bond acceptors (Lipinski definition) is 3. The minimum absolute atomic E-state index is 0.549. The molecule has 4 heteroatoms. The van der Waals surface area contributed by atoms with Crippen LogP contribution in [0.25, 0.3) is 0 Å². The summed E-state index contributed by atoms with van der Waals surface area (Å²) in [5.74, 6) is 0.680. The number of thiophene rings is 1. The number of hydrogen-bond donors (Lipinski definition) is 1. The molecule has 1 aromatic rings. The SMILES string of the molecule is CC(C)C(CNC1CCCc2sc(Br)cc21)N(C)C. The lowest BCUT2D eigenvalue weighted by Crippen LogP contribution is -2.42. The van der Waals surface area contributed by atoms with E-state index in [0.717, 1.165) is 6.54 Å². The molecule has 0 saturated heterocycles. The van der Waals surface area contributed by atoms with Gasteiger partial charge in [0, 0.05) is 23.5 Å². The van der Waals surface area contributed by atoms with E-state index in [9.17, 15) is 0 Å². The van der Waals surface area contributed by atoms with Gasteiger partial charge >= 0.3 is 0 Å². The van der Waals surface area contributed by atoms with Crippen LogP contribution in [0.4, 0.5) is 0 Å². The Morgan fingerprint density at radius 1 is 1.47 bits per heavy atom.